The minimum Gasteiger partial charge on any atom is -0.409 e. The summed E-state index contributed by atoms with van der Waals surface area (Å²) in [6, 6.07) is 5.83. The van der Waals surface area contributed by atoms with Crippen LogP contribution in [0.25, 0.3) is 0 Å². The molecule has 1 aliphatic rings. The molecule has 0 bridgehead atoms. The second kappa shape index (κ2) is 7.26. The standard InChI is InChI=1S/C15H23N3O2/c1-11-9-12(15(16)18-19)4-5-13(11)10-17-7-6-14-3-2-8-20-14/h4-5,9,14,17,19H,2-3,6-8,10H2,1H3,(H2,16,18). The van der Waals surface area contributed by atoms with Gasteiger partial charge in [0.15, 0.2) is 5.84 Å². The first kappa shape index (κ1) is 14.8. The van der Waals surface area contributed by atoms with E-state index < -0.39 is 0 Å². The highest BCUT2D eigenvalue weighted by atomic mass is 16.5. The largest absolute Gasteiger partial charge is 0.409 e. The van der Waals surface area contributed by atoms with Gasteiger partial charge in [-0.15, -0.1) is 0 Å². The van der Waals surface area contributed by atoms with Crippen molar-refractivity contribution in [3.8, 4) is 0 Å². The highest BCUT2D eigenvalue weighted by Crippen LogP contribution is 2.15. The topological polar surface area (TPSA) is 79.9 Å². The molecule has 4 N–H and O–H groups in total. The minimum absolute atomic E-state index is 0.144. The molecule has 0 saturated carbocycles. The average Bonchev–Trinajstić information content (AvgIpc) is 2.97. The fourth-order valence-corrected chi connectivity index (χ4v) is 2.47. The number of aryl methyl sites for hydroxylation is 1. The molecular weight excluding hydrogens is 254 g/mol. The number of rotatable bonds is 6. The molecule has 20 heavy (non-hydrogen) atoms. The number of oxime groups is 1. The first-order valence-corrected chi connectivity index (χ1v) is 7.10. The van der Waals surface area contributed by atoms with Crippen LogP contribution in [0, 0.1) is 6.92 Å². The van der Waals surface area contributed by atoms with Crippen molar-refractivity contribution in [3.05, 3.63) is 34.9 Å². The Balaban J connectivity index is 1.80. The highest BCUT2D eigenvalue weighted by molar-refractivity contribution is 5.97. The van der Waals surface area contributed by atoms with Crippen molar-refractivity contribution in [1.29, 1.82) is 0 Å². The molecule has 0 aliphatic carbocycles. The molecule has 1 aromatic rings. The van der Waals surface area contributed by atoms with Crippen molar-refractivity contribution in [2.24, 2.45) is 10.9 Å². The smallest absolute Gasteiger partial charge is 0.170 e. The molecule has 5 nitrogen and oxygen atoms in total. The summed E-state index contributed by atoms with van der Waals surface area (Å²) < 4.78 is 5.59. The second-order valence-electron chi connectivity index (χ2n) is 5.23. The van der Waals surface area contributed by atoms with Crippen LogP contribution in [0.1, 0.15) is 36.0 Å². The van der Waals surface area contributed by atoms with E-state index in [1.165, 1.54) is 18.4 Å². The molecule has 1 fully saturated rings. The summed E-state index contributed by atoms with van der Waals surface area (Å²) in [5.41, 5.74) is 8.69. The molecule has 0 aromatic heterocycles. The summed E-state index contributed by atoms with van der Waals surface area (Å²) in [4.78, 5) is 0. The van der Waals surface area contributed by atoms with E-state index in [4.69, 9.17) is 15.7 Å². The van der Waals surface area contributed by atoms with Gasteiger partial charge in [-0.3, -0.25) is 0 Å². The van der Waals surface area contributed by atoms with E-state index in [1.54, 1.807) is 0 Å². The number of hydrogen-bond donors (Lipinski definition) is 3. The Labute approximate surface area is 119 Å². The maximum atomic E-state index is 8.66. The van der Waals surface area contributed by atoms with E-state index in [2.05, 4.69) is 10.5 Å². The number of hydrogen-bond acceptors (Lipinski definition) is 4. The summed E-state index contributed by atoms with van der Waals surface area (Å²) in [5.74, 6) is 0.144. The zero-order valence-corrected chi connectivity index (χ0v) is 11.9. The first-order valence-electron chi connectivity index (χ1n) is 7.10. The quantitative estimate of drug-likeness (QED) is 0.243. The summed E-state index contributed by atoms with van der Waals surface area (Å²) >= 11 is 0. The predicted octanol–water partition coefficient (Wildman–Crippen LogP) is 1.75. The highest BCUT2D eigenvalue weighted by Gasteiger charge is 2.14. The van der Waals surface area contributed by atoms with E-state index in [0.29, 0.717) is 6.10 Å². The van der Waals surface area contributed by atoms with Crippen LogP contribution in [0.15, 0.2) is 23.4 Å². The molecule has 1 aliphatic heterocycles. The van der Waals surface area contributed by atoms with Gasteiger partial charge < -0.3 is 21.0 Å². The molecular formula is C15H23N3O2. The third kappa shape index (κ3) is 3.95. The van der Waals surface area contributed by atoms with Crippen molar-refractivity contribution in [3.63, 3.8) is 0 Å². The lowest BCUT2D eigenvalue weighted by Gasteiger charge is -2.12. The van der Waals surface area contributed by atoms with Crippen molar-refractivity contribution in [2.45, 2.75) is 38.8 Å². The van der Waals surface area contributed by atoms with Crippen molar-refractivity contribution < 1.29 is 9.94 Å². The lowest BCUT2D eigenvalue weighted by molar-refractivity contribution is 0.104. The molecule has 0 spiro atoms. The molecule has 0 radical (unpaired) electrons. The van der Waals surface area contributed by atoms with Crippen molar-refractivity contribution >= 4 is 5.84 Å². The van der Waals surface area contributed by atoms with Gasteiger partial charge in [-0.05, 0) is 49.9 Å². The third-order valence-corrected chi connectivity index (χ3v) is 3.73. The van der Waals surface area contributed by atoms with E-state index >= 15 is 0 Å². The first-order chi connectivity index (χ1) is 9.70. The Morgan fingerprint density at radius 3 is 3.05 bits per heavy atom. The lowest BCUT2D eigenvalue weighted by Crippen LogP contribution is -2.20. The predicted molar refractivity (Wildman–Crippen MR) is 79.0 cm³/mol. The molecule has 1 atom stereocenters. The van der Waals surface area contributed by atoms with Gasteiger partial charge in [-0.2, -0.15) is 0 Å². The van der Waals surface area contributed by atoms with Crippen LogP contribution in [0.5, 0.6) is 0 Å². The number of benzene rings is 1. The van der Waals surface area contributed by atoms with Crippen molar-refractivity contribution in [2.75, 3.05) is 13.2 Å². The molecule has 1 unspecified atom stereocenters. The Morgan fingerprint density at radius 1 is 1.55 bits per heavy atom. The van der Waals surface area contributed by atoms with Gasteiger partial charge in [0.1, 0.15) is 0 Å². The van der Waals surface area contributed by atoms with Crippen LogP contribution in [-0.2, 0) is 11.3 Å². The van der Waals surface area contributed by atoms with Gasteiger partial charge >= 0.3 is 0 Å². The monoisotopic (exact) mass is 277 g/mol. The number of nitrogens with two attached hydrogens (primary N) is 1. The van der Waals surface area contributed by atoms with Crippen LogP contribution >= 0.6 is 0 Å². The number of nitrogens with zero attached hydrogens (tertiary/aromatic N) is 1. The van der Waals surface area contributed by atoms with Gasteiger partial charge in [0.25, 0.3) is 0 Å². The lowest BCUT2D eigenvalue weighted by atomic mass is 10.0. The zero-order valence-electron chi connectivity index (χ0n) is 11.9. The molecule has 110 valence electrons. The minimum atomic E-state index is 0.144. The maximum absolute atomic E-state index is 8.66. The molecule has 1 aromatic carbocycles. The van der Waals surface area contributed by atoms with Crippen molar-refractivity contribution in [1.82, 2.24) is 5.32 Å². The van der Waals surface area contributed by atoms with Crippen LogP contribution in [0.2, 0.25) is 0 Å². The third-order valence-electron chi connectivity index (χ3n) is 3.73. The van der Waals surface area contributed by atoms with Gasteiger partial charge in [-0.1, -0.05) is 17.3 Å². The van der Waals surface area contributed by atoms with Crippen LogP contribution in [0.4, 0.5) is 0 Å². The van der Waals surface area contributed by atoms with Crippen LogP contribution in [-0.4, -0.2) is 30.3 Å². The van der Waals surface area contributed by atoms with E-state index in [1.807, 2.05) is 25.1 Å². The molecule has 1 heterocycles. The van der Waals surface area contributed by atoms with E-state index in [0.717, 1.165) is 37.2 Å². The average molecular weight is 277 g/mol. The van der Waals surface area contributed by atoms with Gasteiger partial charge in [0.05, 0.1) is 6.10 Å². The molecule has 5 heteroatoms. The SMILES string of the molecule is Cc1cc(/C(N)=N/O)ccc1CNCCC1CCCO1. The van der Waals surface area contributed by atoms with Gasteiger partial charge in [-0.25, -0.2) is 0 Å². The second-order valence-corrected chi connectivity index (χ2v) is 5.23. The number of nitrogens with one attached hydrogen (secondary N) is 1. The van der Waals surface area contributed by atoms with E-state index in [9.17, 15) is 0 Å². The molecule has 2 rings (SSSR count). The summed E-state index contributed by atoms with van der Waals surface area (Å²) in [6.07, 6.45) is 3.89. The summed E-state index contributed by atoms with van der Waals surface area (Å²) in [5, 5.41) is 15.1. The Hall–Kier alpha value is -1.59. The van der Waals surface area contributed by atoms with Crippen LogP contribution in [0.3, 0.4) is 0 Å². The summed E-state index contributed by atoms with van der Waals surface area (Å²) in [6.45, 7) is 4.74. The Bertz CT molecular complexity index is 468. The number of ether oxygens (including phenoxy) is 1. The zero-order chi connectivity index (χ0) is 14.4. The maximum Gasteiger partial charge on any atom is 0.170 e. The van der Waals surface area contributed by atoms with Crippen LogP contribution < -0.4 is 11.1 Å². The normalized spacial score (nSPS) is 19.4. The Morgan fingerprint density at radius 2 is 2.40 bits per heavy atom. The summed E-state index contributed by atoms with van der Waals surface area (Å²) in [7, 11) is 0. The number of amidine groups is 1. The Kier molecular flexibility index (Phi) is 5.38. The van der Waals surface area contributed by atoms with Gasteiger partial charge in [0, 0.05) is 18.7 Å². The van der Waals surface area contributed by atoms with E-state index in [-0.39, 0.29) is 5.84 Å². The fraction of sp³-hybridized carbons (Fsp3) is 0.533. The fourth-order valence-electron chi connectivity index (χ4n) is 2.47. The molecule has 1 saturated heterocycles. The molecule has 0 amide bonds. The van der Waals surface area contributed by atoms with Gasteiger partial charge in [0.2, 0.25) is 0 Å².